The van der Waals surface area contributed by atoms with Gasteiger partial charge in [0.1, 0.15) is 48.3 Å². The number of nitrogens with zero attached hydrogens (tertiary/aromatic N) is 2. The number of aromatic nitrogens is 1. The maximum Gasteiger partial charge on any atom is 0.328 e. The Bertz CT molecular complexity index is 2660. The van der Waals surface area contributed by atoms with Gasteiger partial charge in [-0.3, -0.25) is 57.7 Å². The van der Waals surface area contributed by atoms with Crippen molar-refractivity contribution < 1.29 is 78.0 Å². The smallest absolute Gasteiger partial charge is 0.328 e. The number of carbonyl (C=O) groups excluding carboxylic acids is 10. The second kappa shape index (κ2) is 33.5. The number of nitrogens with two attached hydrogens (primary N) is 4. The van der Waals surface area contributed by atoms with E-state index in [9.17, 15) is 78.0 Å². The zero-order valence-electron chi connectivity index (χ0n) is 47.1. The summed E-state index contributed by atoms with van der Waals surface area (Å²) in [6.45, 7) is 6.31. The molecule has 31 nitrogen and oxygen atoms in total. The number of likely N-dealkylation sites (tertiary alicyclic amines) is 1. The van der Waals surface area contributed by atoms with Crippen molar-refractivity contribution >= 4 is 87.9 Å². The Balaban J connectivity index is 1.88. The van der Waals surface area contributed by atoms with Crippen LogP contribution in [0.5, 0.6) is 0 Å². The highest BCUT2D eigenvalue weighted by atomic mass is 16.4. The molecule has 0 radical (unpaired) electrons. The number of benzene rings is 1. The summed E-state index contributed by atoms with van der Waals surface area (Å²) in [5, 5.41) is 58.6. The quantitative estimate of drug-likeness (QED) is 0.0174. The summed E-state index contributed by atoms with van der Waals surface area (Å²) in [7, 11) is 0. The first-order chi connectivity index (χ1) is 39.1. The fourth-order valence-corrected chi connectivity index (χ4v) is 8.89. The van der Waals surface area contributed by atoms with Gasteiger partial charge in [-0.2, -0.15) is 0 Å². The van der Waals surface area contributed by atoms with Gasteiger partial charge in [-0.05, 0) is 62.5 Å². The van der Waals surface area contributed by atoms with Crippen LogP contribution in [-0.2, 0) is 64.0 Å². The lowest BCUT2D eigenvalue weighted by Gasteiger charge is -2.32. The minimum atomic E-state index is -1.79. The Hall–Kier alpha value is -8.45. The predicted molar refractivity (Wildman–Crippen MR) is 297 cm³/mol. The Morgan fingerprint density at radius 1 is 0.723 bits per heavy atom. The summed E-state index contributed by atoms with van der Waals surface area (Å²) < 4.78 is 0. The molecule has 1 aliphatic heterocycles. The van der Waals surface area contributed by atoms with Crippen molar-refractivity contribution in [3.8, 4) is 0 Å². The average molecular weight is 1170 g/mol. The van der Waals surface area contributed by atoms with E-state index in [1.54, 1.807) is 58.2 Å². The number of nitrogens with one attached hydrogen (secondary N) is 9. The number of hydrogen-bond acceptors (Lipinski definition) is 16. The largest absolute Gasteiger partial charge is 0.481 e. The highest BCUT2D eigenvalue weighted by Crippen LogP contribution is 2.24. The molecule has 0 saturated carbocycles. The van der Waals surface area contributed by atoms with Gasteiger partial charge in [0.2, 0.25) is 59.1 Å². The van der Waals surface area contributed by atoms with Gasteiger partial charge in [0.25, 0.3) is 0 Å². The number of H-pyrrole nitrogens is 1. The SMILES string of the molecule is CC[C@H](C)[C@H](NC(=O)[C@H](CCCN=C(N)N)NC(=O)[C@H](CCC(=O)O)NC(=O)CNC(=O)[C@H](CC(N)=O)NC(=O)[C@H](Cc1c[nH]c2ccccc12)NC(=O)[C@@H]1CCCN1C(=O)[C@@H](NC(=O)[C@@H](N)CO)[C@@H](C)CC)C(=O)N[C@H](C(=O)O)[C@@H](C)O. The molecule has 0 bridgehead atoms. The molecule has 0 aliphatic carbocycles. The van der Waals surface area contributed by atoms with Crippen LogP contribution in [0.15, 0.2) is 35.5 Å². The van der Waals surface area contributed by atoms with Crippen LogP contribution >= 0.6 is 0 Å². The molecule has 2 heterocycles. The molecule has 2 aromatic rings. The van der Waals surface area contributed by atoms with E-state index in [0.29, 0.717) is 29.3 Å². The number of aromatic amines is 1. The number of amides is 10. The molecule has 0 spiro atoms. The molecule has 3 rings (SSSR count). The van der Waals surface area contributed by atoms with Gasteiger partial charge in [0.05, 0.1) is 25.7 Å². The molecule has 21 N–H and O–H groups in total. The molecule has 1 saturated heterocycles. The van der Waals surface area contributed by atoms with Gasteiger partial charge in [-0.1, -0.05) is 58.7 Å². The summed E-state index contributed by atoms with van der Waals surface area (Å²) in [5.41, 5.74) is 23.3. The van der Waals surface area contributed by atoms with Crippen LogP contribution in [0, 0.1) is 11.8 Å². The molecule has 1 aromatic carbocycles. The van der Waals surface area contributed by atoms with Gasteiger partial charge in [-0.15, -0.1) is 0 Å². The molecule has 12 atom stereocenters. The number of aliphatic hydroxyl groups is 2. The highest BCUT2D eigenvalue weighted by molar-refractivity contribution is 5.99. The van der Waals surface area contributed by atoms with E-state index < -0.39 is 176 Å². The number of fused-ring (bicyclic) bond motifs is 1. The molecule has 1 aliphatic rings. The summed E-state index contributed by atoms with van der Waals surface area (Å²) in [4.78, 5) is 168. The fraction of sp³-hybridized carbons (Fsp3) is 0.596. The maximum atomic E-state index is 14.4. The molecule has 83 heavy (non-hydrogen) atoms. The van der Waals surface area contributed by atoms with Gasteiger partial charge >= 0.3 is 11.9 Å². The van der Waals surface area contributed by atoms with Crippen LogP contribution in [-0.4, -0.2) is 194 Å². The number of aliphatic hydroxyl groups excluding tert-OH is 2. The number of aliphatic imine (C=N–C) groups is 1. The number of primary amides is 1. The minimum absolute atomic E-state index is 0.0431. The van der Waals surface area contributed by atoms with Crippen molar-refractivity contribution in [3.63, 3.8) is 0 Å². The zero-order chi connectivity index (χ0) is 62.2. The van der Waals surface area contributed by atoms with Crippen molar-refractivity contribution in [2.24, 2.45) is 39.8 Å². The minimum Gasteiger partial charge on any atom is -0.481 e. The van der Waals surface area contributed by atoms with Crippen molar-refractivity contribution in [1.82, 2.24) is 52.4 Å². The molecular formula is C52H81N15O16. The first-order valence-electron chi connectivity index (χ1n) is 27.2. The summed E-state index contributed by atoms with van der Waals surface area (Å²) in [6.07, 6.45) is -1.17. The van der Waals surface area contributed by atoms with Crippen molar-refractivity contribution in [2.75, 3.05) is 26.2 Å². The molecule has 10 amide bonds. The van der Waals surface area contributed by atoms with Gasteiger partial charge in [0, 0.05) is 43.0 Å². The van der Waals surface area contributed by atoms with Crippen LogP contribution in [0.2, 0.25) is 0 Å². The number of rotatable bonds is 35. The lowest BCUT2D eigenvalue weighted by atomic mass is 9.96. The Labute approximate surface area is 478 Å². The van der Waals surface area contributed by atoms with Crippen LogP contribution in [0.4, 0.5) is 0 Å². The van der Waals surface area contributed by atoms with E-state index in [2.05, 4.69) is 52.5 Å². The highest BCUT2D eigenvalue weighted by Gasteiger charge is 2.42. The number of carbonyl (C=O) groups is 12. The average Bonchev–Trinajstić information content (AvgIpc) is 4.31. The second-order valence-corrected chi connectivity index (χ2v) is 20.4. The van der Waals surface area contributed by atoms with E-state index in [-0.39, 0.29) is 51.2 Å². The third-order valence-electron chi connectivity index (χ3n) is 14.1. The number of hydrogen-bond donors (Lipinski definition) is 17. The Morgan fingerprint density at radius 2 is 1.31 bits per heavy atom. The second-order valence-electron chi connectivity index (χ2n) is 20.4. The first kappa shape index (κ1) is 68.8. The molecular weight excluding hydrogens is 1090 g/mol. The van der Waals surface area contributed by atoms with E-state index in [1.807, 2.05) is 0 Å². The zero-order valence-corrected chi connectivity index (χ0v) is 47.1. The molecule has 1 fully saturated rings. The predicted octanol–water partition coefficient (Wildman–Crippen LogP) is -5.12. The van der Waals surface area contributed by atoms with Crippen LogP contribution < -0.4 is 65.5 Å². The monoisotopic (exact) mass is 1170 g/mol. The van der Waals surface area contributed by atoms with Crippen LogP contribution in [0.3, 0.4) is 0 Å². The Morgan fingerprint density at radius 3 is 1.92 bits per heavy atom. The van der Waals surface area contributed by atoms with E-state index in [0.717, 1.165) is 6.92 Å². The van der Waals surface area contributed by atoms with Gasteiger partial charge in [-0.25, -0.2) is 4.79 Å². The fourth-order valence-electron chi connectivity index (χ4n) is 8.89. The first-order valence-corrected chi connectivity index (χ1v) is 27.2. The van der Waals surface area contributed by atoms with Crippen molar-refractivity contribution in [3.05, 3.63) is 36.0 Å². The molecule has 460 valence electrons. The summed E-state index contributed by atoms with van der Waals surface area (Å²) in [5.74, 6) is -13.9. The third-order valence-corrected chi connectivity index (χ3v) is 14.1. The van der Waals surface area contributed by atoms with Crippen LogP contribution in [0.25, 0.3) is 10.9 Å². The number of carboxylic acids is 2. The topological polar surface area (TPSA) is 517 Å². The number of aliphatic carboxylic acids is 2. The molecule has 31 heteroatoms. The maximum absolute atomic E-state index is 14.4. The van der Waals surface area contributed by atoms with E-state index in [4.69, 9.17) is 22.9 Å². The molecule has 0 unspecified atom stereocenters. The van der Waals surface area contributed by atoms with Gasteiger partial charge in [0.15, 0.2) is 12.0 Å². The van der Waals surface area contributed by atoms with Crippen LogP contribution in [0.1, 0.15) is 98.0 Å². The summed E-state index contributed by atoms with van der Waals surface area (Å²) in [6, 6.07) is -6.23. The van der Waals surface area contributed by atoms with Gasteiger partial charge < -0.3 is 95.8 Å². The van der Waals surface area contributed by atoms with E-state index in [1.165, 1.54) is 4.90 Å². The summed E-state index contributed by atoms with van der Waals surface area (Å²) >= 11 is 0. The lowest BCUT2D eigenvalue weighted by molar-refractivity contribution is -0.145. The standard InChI is InChI=1S/C52H81N15O16/c1-6-25(3)40(49(80)66-42(27(5)69)51(82)83)64-46(77)32(14-10-18-57-52(55)56)61-45(76)33(16-17-39(72)73)60-38(71)23-59-44(75)35(21-37(54)70)62-47(78)34(20-28-22-58-31-13-9-8-12-29(28)31)63-48(79)36-15-11-19-67(36)50(81)41(26(4)7-2)65-43(74)30(53)24-68/h8-9,12-13,22,25-27,30,32-36,40-42,58,68-69H,6-7,10-11,14-21,23-24,53H2,1-5H3,(H2,54,70)(H,59,75)(H,60,71)(H,61,76)(H,62,78)(H,63,79)(H,64,77)(H,65,74)(H,66,80)(H,72,73)(H,82,83)(H4,55,56,57)/t25-,26-,27+,30-,32-,33-,34-,35-,36-,40-,41-,42-/m0/s1. The number of para-hydroxylation sites is 1. The molecule has 1 aromatic heterocycles. The van der Waals surface area contributed by atoms with Crippen molar-refractivity contribution in [2.45, 2.75) is 159 Å². The Kier molecular flexibility index (Phi) is 27.8. The normalized spacial score (nSPS) is 17.0. The number of carboxylic acid groups (broad SMARTS) is 2. The number of guanidine groups is 1. The van der Waals surface area contributed by atoms with Crippen molar-refractivity contribution in [1.29, 1.82) is 0 Å². The van der Waals surface area contributed by atoms with E-state index >= 15 is 0 Å². The lowest BCUT2D eigenvalue weighted by Crippen LogP contribution is -2.60. The third kappa shape index (κ3) is 21.4.